The van der Waals surface area contributed by atoms with Gasteiger partial charge in [0.1, 0.15) is 11.8 Å². The molecule has 1 atom stereocenters. The molecule has 26 heavy (non-hydrogen) atoms. The van der Waals surface area contributed by atoms with Gasteiger partial charge in [0, 0.05) is 17.7 Å². The molecule has 144 valence electrons. The molecule has 8 heteroatoms. The van der Waals surface area contributed by atoms with Gasteiger partial charge in [-0.2, -0.15) is 0 Å². The summed E-state index contributed by atoms with van der Waals surface area (Å²) in [7, 11) is 0.719. The molecule has 1 aromatic rings. The standard InChI is InChI=1S/C18H28BNO6/c1-7-8-9-13(16(22)23)20-11-14(24-6)12(10-15(20)21)19-25-17(2,3)18(4,5)26-19/h10-11,13H,7-9H2,1-6H3,(H,22,23). The zero-order valence-electron chi connectivity index (χ0n) is 16.4. The summed E-state index contributed by atoms with van der Waals surface area (Å²) in [4.78, 5) is 24.2. The number of nitrogens with zero attached hydrogens (tertiary/aromatic N) is 1. The van der Waals surface area contributed by atoms with Gasteiger partial charge in [-0.25, -0.2) is 4.79 Å². The van der Waals surface area contributed by atoms with Crippen LogP contribution in [0, 0.1) is 0 Å². The topological polar surface area (TPSA) is 87.0 Å². The van der Waals surface area contributed by atoms with E-state index in [1.807, 2.05) is 34.6 Å². The minimum Gasteiger partial charge on any atom is -0.496 e. The Kier molecular flexibility index (Phi) is 5.87. The molecule has 0 amide bonds. The Labute approximate surface area is 154 Å². The van der Waals surface area contributed by atoms with Crippen LogP contribution in [0.2, 0.25) is 0 Å². The number of aromatic nitrogens is 1. The highest BCUT2D eigenvalue weighted by molar-refractivity contribution is 6.63. The first-order valence-corrected chi connectivity index (χ1v) is 8.92. The molecule has 1 aliphatic heterocycles. The zero-order chi connectivity index (χ0) is 19.7. The molecule has 0 radical (unpaired) electrons. The van der Waals surface area contributed by atoms with E-state index in [0.717, 1.165) is 6.42 Å². The van der Waals surface area contributed by atoms with Gasteiger partial charge in [0.15, 0.2) is 0 Å². The molecule has 1 fully saturated rings. The maximum Gasteiger partial charge on any atom is 0.498 e. The third-order valence-corrected chi connectivity index (χ3v) is 5.25. The van der Waals surface area contributed by atoms with Crippen molar-refractivity contribution in [3.63, 3.8) is 0 Å². The predicted octanol–water partition coefficient (Wildman–Crippen LogP) is 1.97. The van der Waals surface area contributed by atoms with Gasteiger partial charge in [0.2, 0.25) is 0 Å². The van der Waals surface area contributed by atoms with Gasteiger partial charge < -0.3 is 19.2 Å². The lowest BCUT2D eigenvalue weighted by atomic mass is 9.79. The maximum atomic E-state index is 12.6. The molecule has 1 unspecified atom stereocenters. The average Bonchev–Trinajstić information content (AvgIpc) is 2.76. The van der Waals surface area contributed by atoms with Gasteiger partial charge in [0.05, 0.1) is 18.3 Å². The number of pyridine rings is 1. The van der Waals surface area contributed by atoms with Crippen LogP contribution in [0.25, 0.3) is 0 Å². The Morgan fingerprint density at radius 2 is 1.88 bits per heavy atom. The van der Waals surface area contributed by atoms with Crippen LogP contribution in [0.4, 0.5) is 0 Å². The van der Waals surface area contributed by atoms with E-state index in [2.05, 4.69) is 0 Å². The monoisotopic (exact) mass is 365 g/mol. The molecule has 7 nitrogen and oxygen atoms in total. The third-order valence-electron chi connectivity index (χ3n) is 5.25. The van der Waals surface area contributed by atoms with Gasteiger partial charge in [0.25, 0.3) is 5.56 Å². The number of ether oxygens (including phenoxy) is 1. The van der Waals surface area contributed by atoms with Gasteiger partial charge in [-0.05, 0) is 34.1 Å². The summed E-state index contributed by atoms with van der Waals surface area (Å²) >= 11 is 0. The summed E-state index contributed by atoms with van der Waals surface area (Å²) in [6.45, 7) is 9.67. The van der Waals surface area contributed by atoms with Crippen molar-refractivity contribution in [2.75, 3.05) is 7.11 Å². The number of methoxy groups -OCH3 is 1. The highest BCUT2D eigenvalue weighted by Gasteiger charge is 2.52. The van der Waals surface area contributed by atoms with Crippen LogP contribution in [-0.2, 0) is 14.1 Å². The van der Waals surface area contributed by atoms with E-state index in [1.165, 1.54) is 23.9 Å². The minimum absolute atomic E-state index is 0.367. The molecule has 0 spiro atoms. The number of carboxylic acid groups (broad SMARTS) is 1. The van der Waals surface area contributed by atoms with Crippen LogP contribution >= 0.6 is 0 Å². The lowest BCUT2D eigenvalue weighted by Gasteiger charge is -2.32. The zero-order valence-corrected chi connectivity index (χ0v) is 16.4. The number of unbranched alkanes of at least 4 members (excludes halogenated alkanes) is 1. The first-order chi connectivity index (χ1) is 12.0. The Balaban J connectivity index is 2.45. The smallest absolute Gasteiger partial charge is 0.496 e. The largest absolute Gasteiger partial charge is 0.498 e. The molecule has 0 saturated carbocycles. The quantitative estimate of drug-likeness (QED) is 0.744. The molecular formula is C18H28BNO6. The average molecular weight is 365 g/mol. The number of aliphatic carboxylic acids is 1. The molecule has 1 aliphatic rings. The van der Waals surface area contributed by atoms with Crippen LogP contribution in [0.5, 0.6) is 5.75 Å². The van der Waals surface area contributed by atoms with Crippen molar-refractivity contribution >= 4 is 18.6 Å². The lowest BCUT2D eigenvalue weighted by molar-refractivity contribution is -0.141. The van der Waals surface area contributed by atoms with Crippen LogP contribution in [0.3, 0.4) is 0 Å². The van der Waals surface area contributed by atoms with Crippen LogP contribution in [0.1, 0.15) is 59.9 Å². The van der Waals surface area contributed by atoms with Crippen molar-refractivity contribution < 1.29 is 23.9 Å². The molecule has 0 aliphatic carbocycles. The van der Waals surface area contributed by atoms with Gasteiger partial charge >= 0.3 is 13.1 Å². The SMILES string of the molecule is CCCCC(C(=O)O)n1cc(OC)c(B2OC(C)(C)C(C)(C)O2)cc1=O. The third kappa shape index (κ3) is 3.81. The van der Waals surface area contributed by atoms with Gasteiger partial charge in [-0.3, -0.25) is 9.36 Å². The predicted molar refractivity (Wildman–Crippen MR) is 99.2 cm³/mol. The van der Waals surface area contributed by atoms with Crippen molar-refractivity contribution in [1.82, 2.24) is 4.57 Å². The Morgan fingerprint density at radius 1 is 1.31 bits per heavy atom. The Bertz CT molecular complexity index is 711. The van der Waals surface area contributed by atoms with Crippen LogP contribution < -0.4 is 15.8 Å². The van der Waals surface area contributed by atoms with E-state index in [0.29, 0.717) is 24.1 Å². The summed E-state index contributed by atoms with van der Waals surface area (Å²) in [5, 5.41) is 9.51. The van der Waals surface area contributed by atoms with E-state index in [9.17, 15) is 14.7 Å². The molecular weight excluding hydrogens is 337 g/mol. The van der Waals surface area contributed by atoms with Crippen LogP contribution in [-0.4, -0.2) is 41.1 Å². The Hall–Kier alpha value is -1.80. The molecule has 2 heterocycles. The summed E-state index contributed by atoms with van der Waals surface area (Å²) in [6, 6.07) is 0.423. The molecule has 0 aromatic carbocycles. The van der Waals surface area contributed by atoms with Crippen molar-refractivity contribution in [1.29, 1.82) is 0 Å². The first kappa shape index (κ1) is 20.5. The van der Waals surface area contributed by atoms with Crippen molar-refractivity contribution in [2.45, 2.75) is 71.1 Å². The second kappa shape index (κ2) is 7.44. The molecule has 1 N–H and O–H groups in total. The number of hydrogen-bond donors (Lipinski definition) is 1. The fourth-order valence-electron chi connectivity index (χ4n) is 2.89. The number of carbonyl (C=O) groups is 1. The van der Waals surface area contributed by atoms with E-state index in [1.54, 1.807) is 0 Å². The van der Waals surface area contributed by atoms with Gasteiger partial charge in [-0.15, -0.1) is 0 Å². The number of hydrogen-bond acceptors (Lipinski definition) is 5. The van der Waals surface area contributed by atoms with Crippen LogP contribution in [0.15, 0.2) is 17.1 Å². The Morgan fingerprint density at radius 3 is 2.35 bits per heavy atom. The molecule has 0 bridgehead atoms. The maximum absolute atomic E-state index is 12.6. The number of rotatable bonds is 7. The fourth-order valence-corrected chi connectivity index (χ4v) is 2.89. The molecule has 1 aromatic heterocycles. The summed E-state index contributed by atoms with van der Waals surface area (Å²) in [6.07, 6.45) is 3.38. The highest BCUT2D eigenvalue weighted by Crippen LogP contribution is 2.37. The van der Waals surface area contributed by atoms with E-state index in [4.69, 9.17) is 14.0 Å². The van der Waals surface area contributed by atoms with E-state index >= 15 is 0 Å². The fraction of sp³-hybridized carbons (Fsp3) is 0.667. The normalized spacial score (nSPS) is 19.4. The first-order valence-electron chi connectivity index (χ1n) is 8.92. The van der Waals surface area contributed by atoms with E-state index in [-0.39, 0.29) is 0 Å². The molecule has 1 saturated heterocycles. The lowest BCUT2D eigenvalue weighted by Crippen LogP contribution is -2.41. The summed E-state index contributed by atoms with van der Waals surface area (Å²) in [5.74, 6) is -0.670. The molecule has 2 rings (SSSR count). The summed E-state index contributed by atoms with van der Waals surface area (Å²) in [5.41, 5.74) is -1.06. The van der Waals surface area contributed by atoms with Crippen molar-refractivity contribution in [3.05, 3.63) is 22.6 Å². The van der Waals surface area contributed by atoms with Crippen molar-refractivity contribution in [2.24, 2.45) is 0 Å². The highest BCUT2D eigenvalue weighted by atomic mass is 16.7. The number of carboxylic acids is 1. The summed E-state index contributed by atoms with van der Waals surface area (Å²) < 4.78 is 18.6. The van der Waals surface area contributed by atoms with Crippen molar-refractivity contribution in [3.8, 4) is 5.75 Å². The second-order valence-corrected chi connectivity index (χ2v) is 7.63. The van der Waals surface area contributed by atoms with Gasteiger partial charge in [-0.1, -0.05) is 19.8 Å². The second-order valence-electron chi connectivity index (χ2n) is 7.63. The van der Waals surface area contributed by atoms with E-state index < -0.39 is 35.9 Å². The minimum atomic E-state index is -1.04.